The van der Waals surface area contributed by atoms with E-state index in [0.717, 1.165) is 29.7 Å². The van der Waals surface area contributed by atoms with Crippen LogP contribution < -0.4 is 5.32 Å². The van der Waals surface area contributed by atoms with Crippen LogP contribution in [-0.2, 0) is 34.2 Å². The molecule has 1 aliphatic carbocycles. The van der Waals surface area contributed by atoms with Gasteiger partial charge in [0.2, 0.25) is 0 Å². The van der Waals surface area contributed by atoms with Gasteiger partial charge in [-0.15, -0.1) is 11.3 Å². The van der Waals surface area contributed by atoms with Crippen molar-refractivity contribution in [1.29, 1.82) is 0 Å². The molecule has 3 rings (SSSR count). The van der Waals surface area contributed by atoms with Crippen LogP contribution in [0.25, 0.3) is 0 Å². The molecule has 0 saturated heterocycles. The van der Waals surface area contributed by atoms with Crippen molar-refractivity contribution >= 4 is 34.2 Å². The molecule has 28 heavy (non-hydrogen) atoms. The van der Waals surface area contributed by atoms with E-state index in [2.05, 4.69) is 12.2 Å². The minimum atomic E-state index is -0.576. The molecule has 1 aliphatic rings. The molecule has 1 N–H and O–H groups in total. The van der Waals surface area contributed by atoms with Crippen LogP contribution in [0.15, 0.2) is 18.3 Å². The van der Waals surface area contributed by atoms with Gasteiger partial charge in [-0.1, -0.05) is 6.92 Å². The molecular formula is C20H24N2O5S. The van der Waals surface area contributed by atoms with E-state index >= 15 is 0 Å². The second-order valence-electron chi connectivity index (χ2n) is 6.90. The Morgan fingerprint density at radius 3 is 2.75 bits per heavy atom. The van der Waals surface area contributed by atoms with E-state index in [1.54, 1.807) is 36.9 Å². The number of amides is 1. The van der Waals surface area contributed by atoms with Gasteiger partial charge in [0.1, 0.15) is 10.7 Å². The van der Waals surface area contributed by atoms with Crippen LogP contribution in [-0.4, -0.2) is 35.6 Å². The predicted molar refractivity (Wildman–Crippen MR) is 106 cm³/mol. The highest BCUT2D eigenvalue weighted by Gasteiger charge is 2.29. The number of carbonyl (C=O) groups is 3. The number of thiophene rings is 1. The van der Waals surface area contributed by atoms with Crippen LogP contribution in [0.3, 0.4) is 0 Å². The van der Waals surface area contributed by atoms with Gasteiger partial charge in [0.05, 0.1) is 12.2 Å². The Balaban J connectivity index is 1.72. The number of ether oxygens (including phenoxy) is 2. The quantitative estimate of drug-likeness (QED) is 0.747. The zero-order chi connectivity index (χ0) is 20.3. The number of rotatable bonds is 6. The van der Waals surface area contributed by atoms with Gasteiger partial charge in [-0.25, -0.2) is 9.59 Å². The molecule has 0 fully saturated rings. The molecule has 0 radical (unpaired) electrons. The lowest BCUT2D eigenvalue weighted by molar-refractivity contribution is -0.119. The zero-order valence-corrected chi connectivity index (χ0v) is 17.1. The number of hydrogen-bond acceptors (Lipinski definition) is 6. The lowest BCUT2D eigenvalue weighted by Crippen LogP contribution is -2.22. The normalized spacial score (nSPS) is 15.6. The van der Waals surface area contributed by atoms with Gasteiger partial charge in [0.25, 0.3) is 5.91 Å². The third-order valence-corrected chi connectivity index (χ3v) is 5.90. The topological polar surface area (TPSA) is 86.6 Å². The smallest absolute Gasteiger partial charge is 0.355 e. The molecule has 8 heteroatoms. The summed E-state index contributed by atoms with van der Waals surface area (Å²) in [4.78, 5) is 38.0. The third-order valence-electron chi connectivity index (χ3n) is 4.73. The highest BCUT2D eigenvalue weighted by molar-refractivity contribution is 7.17. The lowest BCUT2D eigenvalue weighted by Gasteiger charge is -2.18. The summed E-state index contributed by atoms with van der Waals surface area (Å²) in [5.41, 5.74) is 1.77. The minimum absolute atomic E-state index is 0.265. The Hall–Kier alpha value is -2.61. The molecule has 0 saturated carbocycles. The average Bonchev–Trinajstić information content (AvgIpc) is 3.22. The van der Waals surface area contributed by atoms with Gasteiger partial charge in [-0.05, 0) is 49.8 Å². The molecule has 0 unspecified atom stereocenters. The molecular weight excluding hydrogens is 380 g/mol. The number of carbonyl (C=O) groups excluding carboxylic acids is 3. The molecule has 0 aliphatic heterocycles. The predicted octanol–water partition coefficient (Wildman–Crippen LogP) is 3.18. The summed E-state index contributed by atoms with van der Waals surface area (Å²) in [6, 6.07) is 3.34. The number of aryl methyl sites for hydroxylation is 1. The maximum Gasteiger partial charge on any atom is 0.355 e. The van der Waals surface area contributed by atoms with Crippen LogP contribution in [0.1, 0.15) is 51.6 Å². The van der Waals surface area contributed by atoms with Crippen molar-refractivity contribution in [2.24, 2.45) is 13.0 Å². The molecule has 7 nitrogen and oxygen atoms in total. The number of hydrogen-bond donors (Lipinski definition) is 1. The van der Waals surface area contributed by atoms with Gasteiger partial charge in [-0.3, -0.25) is 4.79 Å². The molecule has 0 bridgehead atoms. The van der Waals surface area contributed by atoms with Crippen molar-refractivity contribution in [2.45, 2.75) is 33.1 Å². The maximum absolute atomic E-state index is 12.5. The van der Waals surface area contributed by atoms with Crippen molar-refractivity contribution in [3.63, 3.8) is 0 Å². The van der Waals surface area contributed by atoms with Crippen LogP contribution in [0.4, 0.5) is 5.00 Å². The maximum atomic E-state index is 12.5. The summed E-state index contributed by atoms with van der Waals surface area (Å²) < 4.78 is 11.9. The molecule has 2 aromatic heterocycles. The second kappa shape index (κ2) is 8.60. The summed E-state index contributed by atoms with van der Waals surface area (Å²) in [5, 5.41) is 3.20. The van der Waals surface area contributed by atoms with E-state index in [9.17, 15) is 14.4 Å². The van der Waals surface area contributed by atoms with Crippen LogP contribution in [0.5, 0.6) is 0 Å². The Morgan fingerprint density at radius 1 is 1.29 bits per heavy atom. The van der Waals surface area contributed by atoms with E-state index in [-0.39, 0.29) is 6.61 Å². The largest absolute Gasteiger partial charge is 0.462 e. The first-order valence-electron chi connectivity index (χ1n) is 9.30. The SMILES string of the molecule is CCOC(=O)c1c(NC(=O)COC(=O)c2cccn2C)sc2c1CC[C@H](C)C2. The first-order chi connectivity index (χ1) is 13.4. The van der Waals surface area contributed by atoms with Gasteiger partial charge < -0.3 is 19.4 Å². The standard InChI is InChI=1S/C20H24N2O5S/c1-4-26-20(25)17-13-8-7-12(2)10-15(13)28-18(17)21-16(23)11-27-19(24)14-6-5-9-22(14)3/h5-6,9,12H,4,7-8,10-11H2,1-3H3,(H,21,23)/t12-/m0/s1. The first-order valence-corrected chi connectivity index (χ1v) is 10.1. The summed E-state index contributed by atoms with van der Waals surface area (Å²) in [7, 11) is 1.72. The van der Waals surface area contributed by atoms with E-state index in [0.29, 0.717) is 22.2 Å². The van der Waals surface area contributed by atoms with Crippen molar-refractivity contribution in [3.05, 3.63) is 40.0 Å². The van der Waals surface area contributed by atoms with E-state index in [4.69, 9.17) is 9.47 Å². The van der Waals surface area contributed by atoms with E-state index < -0.39 is 24.5 Å². The van der Waals surface area contributed by atoms with Crippen LogP contribution in [0.2, 0.25) is 0 Å². The molecule has 1 atom stereocenters. The fourth-order valence-electron chi connectivity index (χ4n) is 3.30. The fourth-order valence-corrected chi connectivity index (χ4v) is 4.71. The number of nitrogens with one attached hydrogen (secondary N) is 1. The molecule has 0 aromatic carbocycles. The zero-order valence-electron chi connectivity index (χ0n) is 16.2. The molecule has 1 amide bonds. The van der Waals surface area contributed by atoms with Crippen molar-refractivity contribution < 1.29 is 23.9 Å². The van der Waals surface area contributed by atoms with E-state index in [1.165, 1.54) is 11.3 Å². The Kier molecular flexibility index (Phi) is 6.18. The Labute approximate surface area is 167 Å². The Bertz CT molecular complexity index is 899. The molecule has 150 valence electrons. The lowest BCUT2D eigenvalue weighted by atomic mass is 9.88. The highest BCUT2D eigenvalue weighted by Crippen LogP contribution is 2.40. The third kappa shape index (κ3) is 4.27. The fraction of sp³-hybridized carbons (Fsp3) is 0.450. The molecule has 2 heterocycles. The second-order valence-corrected chi connectivity index (χ2v) is 8.01. The number of esters is 2. The molecule has 2 aromatic rings. The van der Waals surface area contributed by atoms with Crippen LogP contribution in [0, 0.1) is 5.92 Å². The Morgan fingerprint density at radius 2 is 2.07 bits per heavy atom. The number of fused-ring (bicyclic) bond motifs is 1. The highest BCUT2D eigenvalue weighted by atomic mass is 32.1. The van der Waals surface area contributed by atoms with E-state index in [1.807, 2.05) is 0 Å². The van der Waals surface area contributed by atoms with Crippen LogP contribution >= 0.6 is 11.3 Å². The first kappa shape index (κ1) is 20.1. The number of aromatic nitrogens is 1. The van der Waals surface area contributed by atoms with Crippen molar-refractivity contribution in [1.82, 2.24) is 4.57 Å². The van der Waals surface area contributed by atoms with Crippen molar-refractivity contribution in [2.75, 3.05) is 18.5 Å². The van der Waals surface area contributed by atoms with Gasteiger partial charge in [0, 0.05) is 18.1 Å². The summed E-state index contributed by atoms with van der Waals surface area (Å²) in [5.74, 6) is -0.950. The number of anilines is 1. The van der Waals surface area contributed by atoms with Crippen molar-refractivity contribution in [3.8, 4) is 0 Å². The van der Waals surface area contributed by atoms with Gasteiger partial charge in [-0.2, -0.15) is 0 Å². The summed E-state index contributed by atoms with van der Waals surface area (Å²) in [6.45, 7) is 3.76. The minimum Gasteiger partial charge on any atom is -0.462 e. The number of nitrogens with zero attached hydrogens (tertiary/aromatic N) is 1. The average molecular weight is 404 g/mol. The molecule has 0 spiro atoms. The summed E-state index contributed by atoms with van der Waals surface area (Å²) in [6.07, 6.45) is 4.39. The van der Waals surface area contributed by atoms with Gasteiger partial charge >= 0.3 is 11.9 Å². The summed E-state index contributed by atoms with van der Waals surface area (Å²) >= 11 is 1.41. The monoisotopic (exact) mass is 404 g/mol. The van der Waals surface area contributed by atoms with Gasteiger partial charge in [0.15, 0.2) is 6.61 Å².